The first-order chi connectivity index (χ1) is 14.0. The van der Waals surface area contributed by atoms with E-state index in [2.05, 4.69) is 50.9 Å². The maximum atomic E-state index is 5.62. The molecule has 3 aromatic rings. The number of halogens is 1. The normalized spacial score (nSPS) is 11.4. The van der Waals surface area contributed by atoms with Crippen molar-refractivity contribution in [2.75, 3.05) is 6.54 Å². The van der Waals surface area contributed by atoms with Gasteiger partial charge in [-0.3, -0.25) is 0 Å². The molecule has 0 saturated carbocycles. The number of hydrogen-bond donors (Lipinski definition) is 2. The Hall–Kier alpha value is -2.36. The van der Waals surface area contributed by atoms with Gasteiger partial charge in [0, 0.05) is 31.0 Å². The minimum absolute atomic E-state index is 0. The van der Waals surface area contributed by atoms with Gasteiger partial charge in [-0.15, -0.1) is 24.0 Å². The Kier molecular flexibility index (Phi) is 9.35. The van der Waals surface area contributed by atoms with Crippen LogP contribution in [-0.2, 0) is 19.6 Å². The largest absolute Gasteiger partial charge is 0.444 e. The van der Waals surface area contributed by atoms with Crippen LogP contribution in [0.3, 0.4) is 0 Å². The number of oxazole rings is 1. The average Bonchev–Trinajstić information content (AvgIpc) is 3.34. The van der Waals surface area contributed by atoms with E-state index < -0.39 is 0 Å². The van der Waals surface area contributed by atoms with Crippen molar-refractivity contribution >= 4 is 29.9 Å². The maximum absolute atomic E-state index is 5.62. The van der Waals surface area contributed by atoms with Crippen LogP contribution in [0, 0.1) is 12.8 Å². The first kappa shape index (κ1) is 23.9. The third-order valence-corrected chi connectivity index (χ3v) is 4.37. The zero-order chi connectivity index (χ0) is 20.6. The van der Waals surface area contributed by atoms with Gasteiger partial charge in [-0.05, 0) is 31.9 Å². The Morgan fingerprint density at radius 2 is 1.97 bits per heavy atom. The summed E-state index contributed by atoms with van der Waals surface area (Å²) < 4.78 is 7.79. The minimum Gasteiger partial charge on any atom is -0.444 e. The molecule has 7 nitrogen and oxygen atoms in total. The Labute approximate surface area is 195 Å². The number of imidazole rings is 1. The highest BCUT2D eigenvalue weighted by atomic mass is 127. The number of nitrogens with one attached hydrogen (secondary N) is 2. The summed E-state index contributed by atoms with van der Waals surface area (Å²) in [5.41, 5.74) is 2.97. The second-order valence-electron chi connectivity index (χ2n) is 7.45. The van der Waals surface area contributed by atoms with Crippen LogP contribution in [0.4, 0.5) is 0 Å². The van der Waals surface area contributed by atoms with Gasteiger partial charge in [0.1, 0.15) is 17.8 Å². The summed E-state index contributed by atoms with van der Waals surface area (Å²) in [4.78, 5) is 13.6. The van der Waals surface area contributed by atoms with Crippen LogP contribution in [0.25, 0.3) is 11.5 Å². The smallest absolute Gasteiger partial charge is 0.226 e. The number of aromatic nitrogens is 3. The van der Waals surface area contributed by atoms with Crippen molar-refractivity contribution < 1.29 is 4.42 Å². The van der Waals surface area contributed by atoms with Gasteiger partial charge in [-0.25, -0.2) is 15.0 Å². The predicted molar refractivity (Wildman–Crippen MR) is 131 cm³/mol. The molecule has 0 bridgehead atoms. The van der Waals surface area contributed by atoms with Crippen molar-refractivity contribution in [3.05, 3.63) is 60.0 Å². The third-order valence-electron chi connectivity index (χ3n) is 4.37. The number of guanidine groups is 1. The monoisotopic (exact) mass is 522 g/mol. The molecule has 0 saturated heterocycles. The Bertz CT molecular complexity index is 929. The fraction of sp³-hybridized carbons (Fsp3) is 0.409. The molecule has 30 heavy (non-hydrogen) atoms. The number of aryl methyl sites for hydroxylation is 1. The lowest BCUT2D eigenvalue weighted by Crippen LogP contribution is -2.37. The van der Waals surface area contributed by atoms with Crippen molar-refractivity contribution in [2.24, 2.45) is 10.9 Å². The van der Waals surface area contributed by atoms with E-state index in [0.717, 1.165) is 36.1 Å². The standard InChI is InChI=1S/C22H30N6O.HI/c1-5-23-22(26-13-20-24-10-11-28(20)14-16(2)3)25-12-19-15-29-21(27-19)18-8-6-17(4)7-9-18;/h6-11,15-16H,5,12-14H2,1-4H3,(H2,23,25,26);1H. The van der Waals surface area contributed by atoms with Gasteiger partial charge in [0.25, 0.3) is 0 Å². The predicted octanol–water partition coefficient (Wildman–Crippen LogP) is 4.38. The summed E-state index contributed by atoms with van der Waals surface area (Å²) in [5.74, 6) is 2.91. The Balaban J connectivity index is 0.00000320. The molecule has 162 valence electrons. The van der Waals surface area contributed by atoms with Crippen LogP contribution >= 0.6 is 24.0 Å². The first-order valence-corrected chi connectivity index (χ1v) is 10.1. The second-order valence-corrected chi connectivity index (χ2v) is 7.45. The van der Waals surface area contributed by atoms with Gasteiger partial charge in [0.2, 0.25) is 5.89 Å². The number of nitrogens with zero attached hydrogens (tertiary/aromatic N) is 4. The summed E-state index contributed by atoms with van der Waals surface area (Å²) in [6.45, 7) is 11.3. The average molecular weight is 522 g/mol. The lowest BCUT2D eigenvalue weighted by atomic mass is 10.1. The second kappa shape index (κ2) is 11.7. The zero-order valence-electron chi connectivity index (χ0n) is 18.1. The first-order valence-electron chi connectivity index (χ1n) is 10.1. The quantitative estimate of drug-likeness (QED) is 0.261. The number of benzene rings is 1. The lowest BCUT2D eigenvalue weighted by Gasteiger charge is -2.13. The van der Waals surface area contributed by atoms with Gasteiger partial charge < -0.3 is 19.6 Å². The molecule has 0 unspecified atom stereocenters. The topological polar surface area (TPSA) is 80.3 Å². The van der Waals surface area contributed by atoms with E-state index in [-0.39, 0.29) is 24.0 Å². The number of rotatable bonds is 8. The number of aliphatic imine (C=N–C) groups is 1. The molecule has 2 N–H and O–H groups in total. The summed E-state index contributed by atoms with van der Waals surface area (Å²) in [7, 11) is 0. The highest BCUT2D eigenvalue weighted by Crippen LogP contribution is 2.19. The summed E-state index contributed by atoms with van der Waals surface area (Å²) in [6, 6.07) is 8.12. The van der Waals surface area contributed by atoms with E-state index >= 15 is 0 Å². The van der Waals surface area contributed by atoms with Gasteiger partial charge in [-0.1, -0.05) is 31.5 Å². The molecule has 2 aromatic heterocycles. The van der Waals surface area contributed by atoms with Gasteiger partial charge >= 0.3 is 0 Å². The molecule has 2 heterocycles. The number of hydrogen-bond acceptors (Lipinski definition) is 4. The lowest BCUT2D eigenvalue weighted by molar-refractivity contribution is 0.503. The molecule has 8 heteroatoms. The molecule has 0 spiro atoms. The van der Waals surface area contributed by atoms with Crippen molar-refractivity contribution in [1.29, 1.82) is 0 Å². The SMILES string of the molecule is CCNC(=NCc1coc(-c2ccc(C)cc2)n1)NCc1nccn1CC(C)C.I. The zero-order valence-corrected chi connectivity index (χ0v) is 20.4. The Morgan fingerprint density at radius 1 is 1.20 bits per heavy atom. The molecule has 3 rings (SSSR count). The summed E-state index contributed by atoms with van der Waals surface area (Å²) in [6.07, 6.45) is 5.52. The molecule has 0 atom stereocenters. The molecular formula is C22H31IN6O. The van der Waals surface area contributed by atoms with Gasteiger partial charge in [0.05, 0.1) is 13.1 Å². The fourth-order valence-electron chi connectivity index (χ4n) is 2.94. The van der Waals surface area contributed by atoms with Crippen LogP contribution in [0.1, 0.15) is 37.9 Å². The van der Waals surface area contributed by atoms with E-state index in [1.165, 1.54) is 5.56 Å². The van der Waals surface area contributed by atoms with Crippen molar-refractivity contribution in [2.45, 2.75) is 47.3 Å². The molecule has 0 radical (unpaired) electrons. The van der Waals surface area contributed by atoms with Crippen LogP contribution in [0.15, 0.2) is 52.3 Å². The van der Waals surface area contributed by atoms with Crippen LogP contribution in [-0.4, -0.2) is 27.0 Å². The fourth-order valence-corrected chi connectivity index (χ4v) is 2.94. The van der Waals surface area contributed by atoms with Crippen molar-refractivity contribution in [3.63, 3.8) is 0 Å². The molecule has 0 aliphatic rings. The molecular weight excluding hydrogens is 491 g/mol. The Morgan fingerprint density at radius 3 is 2.67 bits per heavy atom. The van der Waals surface area contributed by atoms with Crippen LogP contribution in [0.5, 0.6) is 0 Å². The molecule has 0 aliphatic heterocycles. The van der Waals surface area contributed by atoms with E-state index in [0.29, 0.717) is 24.9 Å². The van der Waals surface area contributed by atoms with Crippen molar-refractivity contribution in [1.82, 2.24) is 25.2 Å². The van der Waals surface area contributed by atoms with Crippen LogP contribution in [0.2, 0.25) is 0 Å². The van der Waals surface area contributed by atoms with Gasteiger partial charge in [0.15, 0.2) is 5.96 Å². The molecule has 0 fully saturated rings. The minimum atomic E-state index is 0. The van der Waals surface area contributed by atoms with E-state index in [9.17, 15) is 0 Å². The van der Waals surface area contributed by atoms with Crippen molar-refractivity contribution in [3.8, 4) is 11.5 Å². The third kappa shape index (κ3) is 6.86. The van der Waals surface area contributed by atoms with E-state index in [4.69, 9.17) is 4.42 Å². The van der Waals surface area contributed by atoms with Crippen LogP contribution < -0.4 is 10.6 Å². The summed E-state index contributed by atoms with van der Waals surface area (Å²) in [5, 5.41) is 6.61. The van der Waals surface area contributed by atoms with E-state index in [1.54, 1.807) is 6.26 Å². The van der Waals surface area contributed by atoms with E-state index in [1.807, 2.05) is 43.6 Å². The van der Waals surface area contributed by atoms with Gasteiger partial charge in [-0.2, -0.15) is 0 Å². The molecule has 1 aromatic carbocycles. The summed E-state index contributed by atoms with van der Waals surface area (Å²) >= 11 is 0. The highest BCUT2D eigenvalue weighted by molar-refractivity contribution is 14.0. The molecule has 0 amide bonds. The molecule has 0 aliphatic carbocycles. The highest BCUT2D eigenvalue weighted by Gasteiger charge is 2.08. The maximum Gasteiger partial charge on any atom is 0.226 e.